The van der Waals surface area contributed by atoms with Gasteiger partial charge in [-0.25, -0.2) is 4.98 Å². The van der Waals surface area contributed by atoms with Crippen LogP contribution in [0, 0.1) is 20.8 Å². The molecule has 1 amide bonds. The number of benzene rings is 3. The van der Waals surface area contributed by atoms with E-state index >= 15 is 0 Å². The number of carbonyl (C=O) groups excluding carboxylic acids is 1. The molecule has 0 unspecified atom stereocenters. The number of thiocarbonyl (C=S) groups is 1. The molecule has 0 spiro atoms. The number of aryl methyl sites for hydroxylation is 3. The second kappa shape index (κ2) is 9.21. The van der Waals surface area contributed by atoms with Gasteiger partial charge in [-0.15, -0.1) is 0 Å². The minimum Gasteiger partial charge on any atom is -0.495 e. The van der Waals surface area contributed by atoms with E-state index in [4.69, 9.17) is 33.0 Å². The first kappa shape index (κ1) is 22.8. The molecule has 0 aliphatic heterocycles. The number of hydrogen-bond acceptors (Lipinski definition) is 5. The van der Waals surface area contributed by atoms with Gasteiger partial charge in [0.25, 0.3) is 5.91 Å². The van der Waals surface area contributed by atoms with Gasteiger partial charge in [-0.1, -0.05) is 17.7 Å². The summed E-state index contributed by atoms with van der Waals surface area (Å²) in [6.45, 7) is 6.03. The predicted molar refractivity (Wildman–Crippen MR) is 135 cm³/mol. The van der Waals surface area contributed by atoms with Crippen LogP contribution in [0.2, 0.25) is 5.02 Å². The maximum atomic E-state index is 12.6. The normalized spacial score (nSPS) is 10.8. The minimum atomic E-state index is -0.379. The van der Waals surface area contributed by atoms with Crippen LogP contribution in [0.5, 0.6) is 5.75 Å². The van der Waals surface area contributed by atoms with E-state index in [0.29, 0.717) is 22.2 Å². The molecule has 0 saturated heterocycles. The average molecular weight is 480 g/mol. The van der Waals surface area contributed by atoms with Gasteiger partial charge in [0.05, 0.1) is 12.1 Å². The van der Waals surface area contributed by atoms with Gasteiger partial charge in [0.2, 0.25) is 5.89 Å². The molecule has 33 heavy (non-hydrogen) atoms. The van der Waals surface area contributed by atoms with Crippen LogP contribution in [0.4, 0.5) is 5.69 Å². The zero-order valence-corrected chi connectivity index (χ0v) is 20.1. The van der Waals surface area contributed by atoms with Crippen molar-refractivity contribution >= 4 is 51.6 Å². The average Bonchev–Trinajstić information content (AvgIpc) is 3.18. The Balaban J connectivity index is 1.53. The Morgan fingerprint density at radius 2 is 1.79 bits per heavy atom. The number of methoxy groups -OCH3 is 1. The van der Waals surface area contributed by atoms with E-state index in [0.717, 1.165) is 39.0 Å². The van der Waals surface area contributed by atoms with E-state index < -0.39 is 0 Å². The highest BCUT2D eigenvalue weighted by Crippen LogP contribution is 2.29. The smallest absolute Gasteiger partial charge is 0.257 e. The van der Waals surface area contributed by atoms with E-state index in [1.54, 1.807) is 12.1 Å². The Labute approximate surface area is 201 Å². The zero-order chi connectivity index (χ0) is 23.7. The van der Waals surface area contributed by atoms with Crippen LogP contribution < -0.4 is 15.4 Å². The second-order valence-electron chi connectivity index (χ2n) is 7.71. The Morgan fingerprint density at radius 1 is 1.03 bits per heavy atom. The van der Waals surface area contributed by atoms with Crippen molar-refractivity contribution in [1.29, 1.82) is 0 Å². The van der Waals surface area contributed by atoms with Gasteiger partial charge in [-0.05, 0) is 92.1 Å². The first-order chi connectivity index (χ1) is 15.7. The molecule has 0 radical (unpaired) electrons. The maximum absolute atomic E-state index is 12.6. The van der Waals surface area contributed by atoms with Gasteiger partial charge in [-0.3, -0.25) is 10.1 Å². The lowest BCUT2D eigenvalue weighted by molar-refractivity contribution is 0.0977. The topological polar surface area (TPSA) is 76.4 Å². The summed E-state index contributed by atoms with van der Waals surface area (Å²) < 4.78 is 11.1. The summed E-state index contributed by atoms with van der Waals surface area (Å²) in [5, 5.41) is 6.26. The molecular formula is C25H22ClN3O3S. The van der Waals surface area contributed by atoms with Gasteiger partial charge >= 0.3 is 0 Å². The lowest BCUT2D eigenvalue weighted by Crippen LogP contribution is -2.34. The summed E-state index contributed by atoms with van der Waals surface area (Å²) in [5.74, 6) is 0.627. The Bertz CT molecular complexity index is 1360. The number of amides is 1. The number of oxazole rings is 1. The van der Waals surface area contributed by atoms with Gasteiger partial charge in [0.1, 0.15) is 11.3 Å². The Hall–Kier alpha value is -3.42. The van der Waals surface area contributed by atoms with Crippen LogP contribution in [0.15, 0.2) is 52.9 Å². The number of ether oxygens (including phenoxy) is 1. The number of nitrogens with one attached hydrogen (secondary N) is 2. The molecule has 0 atom stereocenters. The molecule has 168 valence electrons. The number of halogens is 1. The minimum absolute atomic E-state index is 0.163. The SMILES string of the molecule is COc1ccc(C(=O)NC(=S)Nc2cc(-c3nc4cc(C)c(C)cc4o3)ccc2C)cc1Cl. The summed E-state index contributed by atoms with van der Waals surface area (Å²) in [7, 11) is 1.51. The summed E-state index contributed by atoms with van der Waals surface area (Å²) in [6, 6.07) is 14.5. The number of nitrogens with zero attached hydrogens (tertiary/aromatic N) is 1. The van der Waals surface area contributed by atoms with Crippen LogP contribution in [0.1, 0.15) is 27.0 Å². The predicted octanol–water partition coefficient (Wildman–Crippen LogP) is 6.21. The van der Waals surface area contributed by atoms with Gasteiger partial charge < -0.3 is 14.5 Å². The molecule has 0 aliphatic carbocycles. The van der Waals surface area contributed by atoms with Gasteiger partial charge in [0.15, 0.2) is 10.7 Å². The molecule has 0 bridgehead atoms. The van der Waals surface area contributed by atoms with Crippen LogP contribution in [-0.4, -0.2) is 23.1 Å². The first-order valence-corrected chi connectivity index (χ1v) is 11.0. The molecule has 1 aromatic heterocycles. The van der Waals surface area contributed by atoms with Crippen LogP contribution in [0.25, 0.3) is 22.6 Å². The standard InChI is InChI=1S/C25H22ClN3O3S/c1-13-5-6-17(24-27-20-9-14(2)15(3)10-22(20)32-24)12-19(13)28-25(33)29-23(30)16-7-8-21(31-4)18(26)11-16/h5-12H,1-4H3,(H2,28,29,30,33). The number of hydrogen-bond donors (Lipinski definition) is 2. The number of anilines is 1. The molecule has 4 aromatic rings. The molecule has 8 heteroatoms. The summed E-state index contributed by atoms with van der Waals surface area (Å²) in [5.41, 5.74) is 6.71. The van der Waals surface area contributed by atoms with Crippen molar-refractivity contribution < 1.29 is 13.9 Å². The fraction of sp³-hybridized carbons (Fsp3) is 0.160. The van der Waals surface area contributed by atoms with Crippen LogP contribution in [0.3, 0.4) is 0 Å². The van der Waals surface area contributed by atoms with E-state index in [1.807, 2.05) is 51.1 Å². The van der Waals surface area contributed by atoms with Crippen molar-refractivity contribution in [2.45, 2.75) is 20.8 Å². The fourth-order valence-electron chi connectivity index (χ4n) is 3.33. The quantitative estimate of drug-likeness (QED) is 0.339. The van der Waals surface area contributed by atoms with Crippen molar-refractivity contribution in [1.82, 2.24) is 10.3 Å². The van der Waals surface area contributed by atoms with E-state index in [-0.39, 0.29) is 11.0 Å². The van der Waals surface area contributed by atoms with Gasteiger partial charge in [-0.2, -0.15) is 0 Å². The lowest BCUT2D eigenvalue weighted by atomic mass is 10.1. The molecular weight excluding hydrogens is 458 g/mol. The fourth-order valence-corrected chi connectivity index (χ4v) is 3.79. The molecule has 0 aliphatic rings. The Morgan fingerprint density at radius 3 is 2.52 bits per heavy atom. The summed E-state index contributed by atoms with van der Waals surface area (Å²) in [4.78, 5) is 17.2. The molecule has 1 heterocycles. The van der Waals surface area contributed by atoms with Crippen LogP contribution in [-0.2, 0) is 0 Å². The second-order valence-corrected chi connectivity index (χ2v) is 8.53. The van der Waals surface area contributed by atoms with Crippen molar-refractivity contribution in [2.24, 2.45) is 0 Å². The molecule has 0 saturated carbocycles. The lowest BCUT2D eigenvalue weighted by Gasteiger charge is -2.13. The zero-order valence-electron chi connectivity index (χ0n) is 18.6. The van der Waals surface area contributed by atoms with Crippen molar-refractivity contribution in [3.63, 3.8) is 0 Å². The molecule has 2 N–H and O–H groups in total. The number of rotatable bonds is 4. The highest BCUT2D eigenvalue weighted by Gasteiger charge is 2.14. The molecule has 0 fully saturated rings. The van der Waals surface area contributed by atoms with E-state index in [9.17, 15) is 4.79 Å². The van der Waals surface area contributed by atoms with Gasteiger partial charge in [0, 0.05) is 16.8 Å². The number of aromatic nitrogens is 1. The highest BCUT2D eigenvalue weighted by atomic mass is 35.5. The third kappa shape index (κ3) is 4.84. The van der Waals surface area contributed by atoms with Crippen molar-refractivity contribution in [3.05, 3.63) is 75.8 Å². The van der Waals surface area contributed by atoms with Crippen LogP contribution >= 0.6 is 23.8 Å². The number of carbonyl (C=O) groups is 1. The maximum Gasteiger partial charge on any atom is 0.257 e. The monoisotopic (exact) mass is 479 g/mol. The molecule has 4 rings (SSSR count). The number of fused-ring (bicyclic) bond motifs is 1. The van der Waals surface area contributed by atoms with Crippen molar-refractivity contribution in [2.75, 3.05) is 12.4 Å². The molecule has 3 aromatic carbocycles. The third-order valence-electron chi connectivity index (χ3n) is 5.38. The van der Waals surface area contributed by atoms with E-state index in [2.05, 4.69) is 15.6 Å². The molecule has 6 nitrogen and oxygen atoms in total. The summed E-state index contributed by atoms with van der Waals surface area (Å²) >= 11 is 11.5. The largest absolute Gasteiger partial charge is 0.495 e. The Kier molecular flexibility index (Phi) is 6.35. The van der Waals surface area contributed by atoms with E-state index in [1.165, 1.54) is 13.2 Å². The van der Waals surface area contributed by atoms with Crippen molar-refractivity contribution in [3.8, 4) is 17.2 Å². The summed E-state index contributed by atoms with van der Waals surface area (Å²) in [6.07, 6.45) is 0. The third-order valence-corrected chi connectivity index (χ3v) is 5.88. The first-order valence-electron chi connectivity index (χ1n) is 10.2. The highest BCUT2D eigenvalue weighted by molar-refractivity contribution is 7.80.